The van der Waals surface area contributed by atoms with Gasteiger partial charge >= 0.3 is 0 Å². The van der Waals surface area contributed by atoms with Gasteiger partial charge in [0.1, 0.15) is 0 Å². The molecule has 2 amide bonds. The zero-order chi connectivity index (χ0) is 20.2. The molecule has 2 fully saturated rings. The summed E-state index contributed by atoms with van der Waals surface area (Å²) in [6, 6.07) is 4.48. The molecule has 0 unspecified atom stereocenters. The van der Waals surface area contributed by atoms with E-state index in [1.807, 2.05) is 6.92 Å². The van der Waals surface area contributed by atoms with Gasteiger partial charge in [-0.2, -0.15) is 0 Å². The normalized spacial score (nSPS) is 27.1. The summed E-state index contributed by atoms with van der Waals surface area (Å²) < 4.78 is 0. The lowest BCUT2D eigenvalue weighted by molar-refractivity contribution is -0.384. The van der Waals surface area contributed by atoms with Crippen molar-refractivity contribution >= 4 is 40.5 Å². The fourth-order valence-corrected chi connectivity index (χ4v) is 5.25. The number of amides is 2. The van der Waals surface area contributed by atoms with Gasteiger partial charge in [0.05, 0.1) is 11.0 Å². The number of piperidine rings is 1. The van der Waals surface area contributed by atoms with Crippen molar-refractivity contribution in [1.82, 2.24) is 9.80 Å². The van der Waals surface area contributed by atoms with E-state index in [4.69, 9.17) is 12.2 Å². The molecule has 3 heterocycles. The topological polar surface area (TPSA) is 87.0 Å². The number of hydrogen-bond acceptors (Lipinski definition) is 6. The van der Waals surface area contributed by atoms with Crippen LogP contribution in [0.2, 0.25) is 0 Å². The molecule has 1 aromatic carbocycles. The van der Waals surface area contributed by atoms with Gasteiger partial charge in [-0.25, -0.2) is 0 Å². The maximum atomic E-state index is 13.6. The first-order valence-electron chi connectivity index (χ1n) is 9.51. The SMILES string of the molecule is CCN1C(=O)[C@@]2(Cc3cc([N+](=O)[O-])ccc3N3CCCC[C@@H]32)C(=O)N(C)C1=S. The van der Waals surface area contributed by atoms with E-state index in [1.54, 1.807) is 13.1 Å². The molecule has 148 valence electrons. The number of benzene rings is 1. The molecule has 9 heteroatoms. The Morgan fingerprint density at radius 3 is 2.71 bits per heavy atom. The number of carbonyl (C=O) groups is 2. The molecule has 8 nitrogen and oxygen atoms in total. The summed E-state index contributed by atoms with van der Waals surface area (Å²) in [5.74, 6) is -0.585. The van der Waals surface area contributed by atoms with Gasteiger partial charge in [-0.15, -0.1) is 0 Å². The van der Waals surface area contributed by atoms with Crippen molar-refractivity contribution in [3.05, 3.63) is 33.9 Å². The summed E-state index contributed by atoms with van der Waals surface area (Å²) in [6.45, 7) is 2.94. The van der Waals surface area contributed by atoms with E-state index in [0.717, 1.165) is 31.5 Å². The van der Waals surface area contributed by atoms with Crippen molar-refractivity contribution in [2.45, 2.75) is 38.6 Å². The van der Waals surface area contributed by atoms with Crippen LogP contribution in [0.15, 0.2) is 18.2 Å². The number of nitrogens with zero attached hydrogens (tertiary/aromatic N) is 4. The van der Waals surface area contributed by atoms with Gasteiger partial charge in [-0.1, -0.05) is 0 Å². The number of thiocarbonyl (C=S) groups is 1. The maximum Gasteiger partial charge on any atom is 0.269 e. The smallest absolute Gasteiger partial charge is 0.269 e. The predicted molar refractivity (Wildman–Crippen MR) is 107 cm³/mol. The lowest BCUT2D eigenvalue weighted by Crippen LogP contribution is -2.72. The van der Waals surface area contributed by atoms with Crippen LogP contribution in [0, 0.1) is 15.5 Å². The maximum absolute atomic E-state index is 13.6. The molecule has 2 atom stereocenters. The average molecular weight is 402 g/mol. The van der Waals surface area contributed by atoms with Crippen LogP contribution in [-0.2, 0) is 16.0 Å². The van der Waals surface area contributed by atoms with Crippen LogP contribution < -0.4 is 4.90 Å². The highest BCUT2D eigenvalue weighted by Crippen LogP contribution is 2.49. The third-order valence-electron chi connectivity index (χ3n) is 6.27. The lowest BCUT2D eigenvalue weighted by Gasteiger charge is -2.55. The van der Waals surface area contributed by atoms with Gasteiger partial charge in [-0.3, -0.25) is 29.5 Å². The third kappa shape index (κ3) is 2.38. The lowest BCUT2D eigenvalue weighted by atomic mass is 9.66. The summed E-state index contributed by atoms with van der Waals surface area (Å²) in [6.07, 6.45) is 2.78. The number of carbonyl (C=O) groups excluding carboxylic acids is 2. The van der Waals surface area contributed by atoms with E-state index in [2.05, 4.69) is 4.90 Å². The van der Waals surface area contributed by atoms with E-state index in [1.165, 1.54) is 21.9 Å². The summed E-state index contributed by atoms with van der Waals surface area (Å²) in [7, 11) is 1.61. The average Bonchev–Trinajstić information content (AvgIpc) is 2.70. The minimum atomic E-state index is -1.30. The Morgan fingerprint density at radius 1 is 1.29 bits per heavy atom. The molecule has 0 radical (unpaired) electrons. The molecule has 1 aromatic rings. The molecule has 0 N–H and O–H groups in total. The second-order valence-electron chi connectivity index (χ2n) is 7.62. The molecule has 0 aromatic heterocycles. The number of non-ortho nitro benzene ring substituents is 1. The van der Waals surface area contributed by atoms with E-state index < -0.39 is 10.3 Å². The Kier molecular flexibility index (Phi) is 4.37. The first-order valence-corrected chi connectivity index (χ1v) is 9.91. The summed E-state index contributed by atoms with van der Waals surface area (Å²) in [5, 5.41) is 11.5. The zero-order valence-corrected chi connectivity index (χ0v) is 16.7. The standard InChI is InChI=1S/C19H22N4O4S/c1-3-21-17(25)19(16(24)20(2)18(21)28)11-12-10-13(23(26)27)7-8-14(12)22-9-5-4-6-15(19)22/h7-8,10,15H,3-6,9,11H2,1-2H3/t15-,19-/m1/s1. The first kappa shape index (κ1) is 18.8. The number of hydrogen-bond donors (Lipinski definition) is 0. The van der Waals surface area contributed by atoms with Crippen LogP contribution in [0.4, 0.5) is 11.4 Å². The van der Waals surface area contributed by atoms with Crippen LogP contribution in [0.25, 0.3) is 0 Å². The Balaban J connectivity index is 1.92. The summed E-state index contributed by atoms with van der Waals surface area (Å²) in [5.41, 5.74) is 0.235. The van der Waals surface area contributed by atoms with Crippen molar-refractivity contribution in [2.24, 2.45) is 5.41 Å². The van der Waals surface area contributed by atoms with Gasteiger partial charge in [-0.05, 0) is 50.0 Å². The molecule has 28 heavy (non-hydrogen) atoms. The first-order chi connectivity index (χ1) is 13.3. The van der Waals surface area contributed by atoms with Gasteiger partial charge in [0.2, 0.25) is 11.8 Å². The Labute approximate surface area is 168 Å². The van der Waals surface area contributed by atoms with Crippen molar-refractivity contribution in [1.29, 1.82) is 0 Å². The minimum Gasteiger partial charge on any atom is -0.367 e. The van der Waals surface area contributed by atoms with Crippen LogP contribution in [0.3, 0.4) is 0 Å². The molecule has 3 aliphatic rings. The number of nitro benzene ring substituents is 1. The Bertz CT molecular complexity index is 904. The van der Waals surface area contributed by atoms with Crippen LogP contribution in [0.5, 0.6) is 0 Å². The van der Waals surface area contributed by atoms with E-state index in [-0.39, 0.29) is 35.1 Å². The molecule has 0 bridgehead atoms. The number of nitro groups is 1. The summed E-state index contributed by atoms with van der Waals surface area (Å²) in [4.78, 5) is 42.9. The molecular formula is C19H22N4O4S. The molecule has 0 aliphatic carbocycles. The Hall–Kier alpha value is -2.55. The molecule has 3 aliphatic heterocycles. The van der Waals surface area contributed by atoms with Crippen molar-refractivity contribution < 1.29 is 14.5 Å². The van der Waals surface area contributed by atoms with Crippen molar-refractivity contribution in [2.75, 3.05) is 25.0 Å². The van der Waals surface area contributed by atoms with Crippen LogP contribution in [0.1, 0.15) is 31.7 Å². The van der Waals surface area contributed by atoms with Crippen molar-refractivity contribution in [3.63, 3.8) is 0 Å². The highest BCUT2D eigenvalue weighted by atomic mass is 32.1. The fraction of sp³-hybridized carbons (Fsp3) is 0.526. The quantitative estimate of drug-likeness (QED) is 0.326. The monoisotopic (exact) mass is 402 g/mol. The largest absolute Gasteiger partial charge is 0.367 e. The van der Waals surface area contributed by atoms with Gasteiger partial charge < -0.3 is 4.90 Å². The Morgan fingerprint density at radius 2 is 2.04 bits per heavy atom. The van der Waals surface area contributed by atoms with Crippen LogP contribution >= 0.6 is 12.2 Å². The molecule has 0 saturated carbocycles. The molecular weight excluding hydrogens is 380 g/mol. The van der Waals surface area contributed by atoms with E-state index in [0.29, 0.717) is 12.1 Å². The van der Waals surface area contributed by atoms with E-state index >= 15 is 0 Å². The number of rotatable bonds is 2. The third-order valence-corrected chi connectivity index (χ3v) is 6.77. The van der Waals surface area contributed by atoms with Crippen molar-refractivity contribution in [3.8, 4) is 0 Å². The minimum absolute atomic E-state index is 0.0312. The molecule has 4 rings (SSSR count). The number of anilines is 1. The predicted octanol–water partition coefficient (Wildman–Crippen LogP) is 2.10. The molecule has 1 spiro atoms. The van der Waals surface area contributed by atoms with E-state index in [9.17, 15) is 19.7 Å². The fourth-order valence-electron chi connectivity index (χ4n) is 4.96. The highest BCUT2D eigenvalue weighted by Gasteiger charge is 2.62. The van der Waals surface area contributed by atoms with Crippen LogP contribution in [-0.4, -0.2) is 57.8 Å². The molecule has 2 saturated heterocycles. The second kappa shape index (κ2) is 6.51. The van der Waals surface area contributed by atoms with Gasteiger partial charge in [0, 0.05) is 44.4 Å². The van der Waals surface area contributed by atoms with Gasteiger partial charge in [0.25, 0.3) is 5.69 Å². The zero-order valence-electron chi connectivity index (χ0n) is 15.9. The second-order valence-corrected chi connectivity index (χ2v) is 7.98. The number of fused-ring (bicyclic) bond motifs is 4. The highest BCUT2D eigenvalue weighted by molar-refractivity contribution is 7.80. The summed E-state index contributed by atoms with van der Waals surface area (Å²) >= 11 is 5.34. The van der Waals surface area contributed by atoms with Gasteiger partial charge in [0.15, 0.2) is 10.5 Å².